The monoisotopic (exact) mass is 373 g/mol. The summed E-state index contributed by atoms with van der Waals surface area (Å²) in [4.78, 5) is 13.4. The quantitative estimate of drug-likeness (QED) is 0.487. The highest BCUT2D eigenvalue weighted by Gasteiger charge is 2.15. The number of nitrogens with zero attached hydrogens (tertiary/aromatic N) is 6. The Bertz CT molecular complexity index is 1060. The van der Waals surface area contributed by atoms with Gasteiger partial charge in [0, 0.05) is 29.1 Å². The molecule has 4 rings (SSSR count). The zero-order valence-electron chi connectivity index (χ0n) is 15.5. The van der Waals surface area contributed by atoms with E-state index in [1.807, 2.05) is 32.0 Å². The predicted octanol–water partition coefficient (Wildman–Crippen LogP) is 2.78. The Kier molecular flexibility index (Phi) is 4.63. The summed E-state index contributed by atoms with van der Waals surface area (Å²) in [5.41, 5.74) is 10.4. The number of tetrazole rings is 1. The molecule has 0 radical (unpaired) electrons. The van der Waals surface area contributed by atoms with Gasteiger partial charge in [-0.1, -0.05) is 35.0 Å². The highest BCUT2D eigenvalue weighted by atomic mass is 15.5. The molecule has 1 aromatic carbocycles. The van der Waals surface area contributed by atoms with Crippen molar-refractivity contribution in [2.24, 2.45) is 0 Å². The second-order valence-corrected chi connectivity index (χ2v) is 6.43. The van der Waals surface area contributed by atoms with Crippen molar-refractivity contribution in [1.29, 1.82) is 0 Å². The van der Waals surface area contributed by atoms with E-state index in [4.69, 9.17) is 10.7 Å². The van der Waals surface area contributed by atoms with Crippen LogP contribution in [0.3, 0.4) is 0 Å². The number of aryl methyl sites for hydroxylation is 1. The van der Waals surface area contributed by atoms with E-state index in [0.29, 0.717) is 17.6 Å². The number of hydrogen-bond donors (Lipinski definition) is 3. The van der Waals surface area contributed by atoms with Gasteiger partial charge in [-0.05, 0) is 26.0 Å². The van der Waals surface area contributed by atoms with E-state index in [0.717, 1.165) is 22.4 Å². The minimum atomic E-state index is -0.200. The number of nitrogen functional groups attached to an aromatic ring is 1. The summed E-state index contributed by atoms with van der Waals surface area (Å²) in [6, 6.07) is 11.7. The summed E-state index contributed by atoms with van der Waals surface area (Å²) in [7, 11) is 0. The zero-order chi connectivity index (χ0) is 19.5. The molecule has 0 amide bonds. The smallest absolute Gasteiger partial charge is 0.223 e. The SMILES string of the molecule is Cc1ccc(-c2nc(NC(C)c3nn[nH]n3)ncc2-c2ccc(N)nc2)cc1. The van der Waals surface area contributed by atoms with Crippen LogP contribution in [0.15, 0.2) is 48.8 Å². The molecular formula is C19H19N9. The maximum absolute atomic E-state index is 5.72. The molecule has 4 N–H and O–H groups in total. The van der Waals surface area contributed by atoms with Crippen LogP contribution in [0.25, 0.3) is 22.4 Å². The van der Waals surface area contributed by atoms with Crippen LogP contribution >= 0.6 is 0 Å². The Morgan fingerprint density at radius 2 is 1.79 bits per heavy atom. The standard InChI is InChI=1S/C19H19N9/c1-11-3-5-13(6-4-11)17-15(14-7-8-16(20)21-9-14)10-22-19(24-17)23-12(2)18-25-27-28-26-18/h3-10,12H,1-2H3,(H2,20,21)(H,22,23,24)(H,25,26,27,28). The number of anilines is 2. The summed E-state index contributed by atoms with van der Waals surface area (Å²) in [5.74, 6) is 1.47. The number of pyridine rings is 1. The lowest BCUT2D eigenvalue weighted by Crippen LogP contribution is -2.11. The fourth-order valence-corrected chi connectivity index (χ4v) is 2.77. The molecule has 1 unspecified atom stereocenters. The first kappa shape index (κ1) is 17.5. The number of nitrogens with one attached hydrogen (secondary N) is 2. The molecule has 3 heterocycles. The highest BCUT2D eigenvalue weighted by Crippen LogP contribution is 2.31. The first-order chi connectivity index (χ1) is 13.6. The molecule has 9 heteroatoms. The topological polar surface area (TPSA) is 131 Å². The van der Waals surface area contributed by atoms with Crippen molar-refractivity contribution in [3.8, 4) is 22.4 Å². The molecule has 0 fully saturated rings. The molecule has 3 aromatic heterocycles. The minimum Gasteiger partial charge on any atom is -0.384 e. The van der Waals surface area contributed by atoms with E-state index in [-0.39, 0.29) is 6.04 Å². The van der Waals surface area contributed by atoms with Crippen molar-refractivity contribution < 1.29 is 0 Å². The zero-order valence-corrected chi connectivity index (χ0v) is 15.5. The third-order valence-corrected chi connectivity index (χ3v) is 4.31. The van der Waals surface area contributed by atoms with E-state index in [2.05, 4.69) is 48.0 Å². The van der Waals surface area contributed by atoms with E-state index in [9.17, 15) is 0 Å². The maximum Gasteiger partial charge on any atom is 0.223 e. The fraction of sp³-hybridized carbons (Fsp3) is 0.158. The summed E-state index contributed by atoms with van der Waals surface area (Å²) in [6.45, 7) is 3.96. The van der Waals surface area contributed by atoms with Crippen LogP contribution in [0.1, 0.15) is 24.4 Å². The molecule has 9 nitrogen and oxygen atoms in total. The Labute approximate surface area is 161 Å². The second-order valence-electron chi connectivity index (χ2n) is 6.43. The molecule has 28 heavy (non-hydrogen) atoms. The van der Waals surface area contributed by atoms with Crippen molar-refractivity contribution in [1.82, 2.24) is 35.6 Å². The Morgan fingerprint density at radius 1 is 1.00 bits per heavy atom. The van der Waals surface area contributed by atoms with Gasteiger partial charge in [-0.15, -0.1) is 10.2 Å². The van der Waals surface area contributed by atoms with Gasteiger partial charge in [0.05, 0.1) is 11.7 Å². The van der Waals surface area contributed by atoms with Crippen LogP contribution in [-0.2, 0) is 0 Å². The van der Waals surface area contributed by atoms with E-state index >= 15 is 0 Å². The molecule has 0 aliphatic carbocycles. The summed E-state index contributed by atoms with van der Waals surface area (Å²) in [5, 5.41) is 17.2. The average Bonchev–Trinajstić information content (AvgIpc) is 3.24. The van der Waals surface area contributed by atoms with Gasteiger partial charge in [-0.3, -0.25) is 0 Å². The van der Waals surface area contributed by atoms with E-state index in [1.165, 1.54) is 5.56 Å². The number of H-pyrrole nitrogens is 1. The van der Waals surface area contributed by atoms with Gasteiger partial charge in [0.25, 0.3) is 0 Å². The van der Waals surface area contributed by atoms with Crippen LogP contribution in [-0.4, -0.2) is 35.6 Å². The van der Waals surface area contributed by atoms with Gasteiger partial charge in [0.1, 0.15) is 5.82 Å². The number of rotatable bonds is 5. The number of hydrogen-bond acceptors (Lipinski definition) is 8. The van der Waals surface area contributed by atoms with Crippen molar-refractivity contribution in [3.63, 3.8) is 0 Å². The van der Waals surface area contributed by atoms with E-state index in [1.54, 1.807) is 18.5 Å². The maximum atomic E-state index is 5.72. The molecule has 140 valence electrons. The first-order valence-corrected chi connectivity index (χ1v) is 8.76. The van der Waals surface area contributed by atoms with Gasteiger partial charge < -0.3 is 11.1 Å². The predicted molar refractivity (Wildman–Crippen MR) is 106 cm³/mol. The third kappa shape index (κ3) is 3.63. The van der Waals surface area contributed by atoms with Gasteiger partial charge in [0.2, 0.25) is 5.95 Å². The minimum absolute atomic E-state index is 0.200. The van der Waals surface area contributed by atoms with Crippen LogP contribution in [0.2, 0.25) is 0 Å². The van der Waals surface area contributed by atoms with Gasteiger partial charge in [-0.2, -0.15) is 5.21 Å². The van der Waals surface area contributed by atoms with Crippen LogP contribution in [0.4, 0.5) is 11.8 Å². The Hall–Kier alpha value is -3.88. The highest BCUT2D eigenvalue weighted by molar-refractivity contribution is 5.80. The van der Waals surface area contributed by atoms with Gasteiger partial charge in [0.15, 0.2) is 5.82 Å². The molecule has 4 aromatic rings. The molecular weight excluding hydrogens is 354 g/mol. The molecule has 0 aliphatic heterocycles. The number of aromatic amines is 1. The molecule has 0 bridgehead atoms. The Balaban J connectivity index is 1.76. The van der Waals surface area contributed by atoms with Crippen molar-refractivity contribution in [2.45, 2.75) is 19.9 Å². The summed E-state index contributed by atoms with van der Waals surface area (Å²) < 4.78 is 0. The fourth-order valence-electron chi connectivity index (χ4n) is 2.77. The van der Waals surface area contributed by atoms with Crippen molar-refractivity contribution >= 4 is 11.8 Å². The van der Waals surface area contributed by atoms with Gasteiger partial charge in [-0.25, -0.2) is 15.0 Å². The van der Waals surface area contributed by atoms with Crippen LogP contribution in [0.5, 0.6) is 0 Å². The first-order valence-electron chi connectivity index (χ1n) is 8.76. The lowest BCUT2D eigenvalue weighted by atomic mass is 10.0. The number of nitrogens with two attached hydrogens (primary N) is 1. The van der Waals surface area contributed by atoms with E-state index < -0.39 is 0 Å². The third-order valence-electron chi connectivity index (χ3n) is 4.31. The van der Waals surface area contributed by atoms with Crippen LogP contribution < -0.4 is 11.1 Å². The summed E-state index contributed by atoms with van der Waals surface area (Å²) in [6.07, 6.45) is 3.50. The lowest BCUT2D eigenvalue weighted by molar-refractivity contribution is 0.781. The molecule has 0 aliphatic rings. The van der Waals surface area contributed by atoms with Crippen molar-refractivity contribution in [3.05, 3.63) is 60.2 Å². The molecule has 0 saturated carbocycles. The number of benzene rings is 1. The molecule has 0 spiro atoms. The summed E-state index contributed by atoms with van der Waals surface area (Å²) >= 11 is 0. The second kappa shape index (κ2) is 7.39. The Morgan fingerprint density at radius 3 is 2.46 bits per heavy atom. The van der Waals surface area contributed by atoms with Gasteiger partial charge >= 0.3 is 0 Å². The molecule has 0 saturated heterocycles. The van der Waals surface area contributed by atoms with Crippen molar-refractivity contribution in [2.75, 3.05) is 11.1 Å². The normalized spacial score (nSPS) is 11.9. The number of aromatic nitrogens is 7. The lowest BCUT2D eigenvalue weighted by Gasteiger charge is -2.14. The largest absolute Gasteiger partial charge is 0.384 e. The van der Waals surface area contributed by atoms with Crippen LogP contribution in [0, 0.1) is 6.92 Å². The average molecular weight is 373 g/mol. The molecule has 1 atom stereocenters.